The molecule has 2 heterocycles. The van der Waals surface area contributed by atoms with E-state index >= 15 is 0 Å². The van der Waals surface area contributed by atoms with Gasteiger partial charge in [-0.05, 0) is 43.5 Å². The number of methoxy groups -OCH3 is 1. The lowest BCUT2D eigenvalue weighted by Crippen LogP contribution is -2.42. The van der Waals surface area contributed by atoms with Gasteiger partial charge in [0.1, 0.15) is 23.4 Å². The highest BCUT2D eigenvalue weighted by atomic mass is 16.5. The molecule has 4 N–H and O–H groups in total. The van der Waals surface area contributed by atoms with E-state index in [1.807, 2.05) is 63.2 Å². The predicted molar refractivity (Wildman–Crippen MR) is 145 cm³/mol. The lowest BCUT2D eigenvalue weighted by atomic mass is 9.98. The van der Waals surface area contributed by atoms with Crippen LogP contribution in [0, 0.1) is 20.8 Å². The first-order valence-corrected chi connectivity index (χ1v) is 12.2. The highest BCUT2D eigenvalue weighted by molar-refractivity contribution is 5.99. The Hall–Kier alpha value is -4.66. The molecule has 1 unspecified atom stereocenters. The van der Waals surface area contributed by atoms with Crippen molar-refractivity contribution in [3.8, 4) is 17.1 Å². The van der Waals surface area contributed by atoms with Gasteiger partial charge in [-0.2, -0.15) is 0 Å². The molecule has 0 aliphatic carbocycles. The van der Waals surface area contributed by atoms with Crippen molar-refractivity contribution in [3.05, 3.63) is 94.4 Å². The van der Waals surface area contributed by atoms with E-state index in [-0.39, 0.29) is 12.3 Å². The third kappa shape index (κ3) is 6.36. The number of ether oxygens (including phenoxy) is 1. The van der Waals surface area contributed by atoms with Crippen LogP contribution in [0.3, 0.4) is 0 Å². The van der Waals surface area contributed by atoms with Crippen molar-refractivity contribution in [3.63, 3.8) is 0 Å². The predicted octanol–water partition coefficient (Wildman–Crippen LogP) is 4.44. The molecule has 0 spiro atoms. The van der Waals surface area contributed by atoms with Gasteiger partial charge in [-0.1, -0.05) is 42.0 Å². The maximum Gasteiger partial charge on any atom is 0.326 e. The number of carbonyl (C=O) groups excluding carboxylic acids is 1. The zero-order valence-electron chi connectivity index (χ0n) is 21.8. The summed E-state index contributed by atoms with van der Waals surface area (Å²) < 4.78 is 5.21. The number of carboxylic acid groups (broad SMARTS) is 1. The van der Waals surface area contributed by atoms with Gasteiger partial charge < -0.3 is 25.5 Å². The normalized spacial score (nSPS) is 11.6. The van der Waals surface area contributed by atoms with E-state index in [9.17, 15) is 14.7 Å². The molecule has 1 atom stereocenters. The molecule has 196 valence electrons. The highest BCUT2D eigenvalue weighted by Crippen LogP contribution is 2.20. The molecule has 0 saturated heterocycles. The lowest BCUT2D eigenvalue weighted by Gasteiger charge is -2.17. The Morgan fingerprint density at radius 1 is 1.03 bits per heavy atom. The third-order valence-electron chi connectivity index (χ3n) is 6.23. The fraction of sp³-hybridized carbons (Fsp3) is 0.241. The summed E-state index contributed by atoms with van der Waals surface area (Å²) in [6, 6.07) is 13.8. The van der Waals surface area contributed by atoms with E-state index in [4.69, 9.17) is 4.74 Å². The van der Waals surface area contributed by atoms with E-state index in [1.165, 1.54) is 0 Å². The summed E-state index contributed by atoms with van der Waals surface area (Å²) in [5.41, 5.74) is 5.74. The quantitative estimate of drug-likeness (QED) is 0.247. The Morgan fingerprint density at radius 3 is 2.39 bits per heavy atom. The van der Waals surface area contributed by atoms with E-state index < -0.39 is 12.0 Å². The Bertz CT molecular complexity index is 1420. The second-order valence-electron chi connectivity index (χ2n) is 9.23. The summed E-state index contributed by atoms with van der Waals surface area (Å²) in [7, 11) is 1.61. The van der Waals surface area contributed by atoms with Crippen molar-refractivity contribution in [2.24, 2.45) is 0 Å². The van der Waals surface area contributed by atoms with Gasteiger partial charge in [-0.3, -0.25) is 4.79 Å². The molecule has 9 nitrogen and oxygen atoms in total. The number of rotatable bonds is 10. The minimum Gasteiger partial charge on any atom is -0.497 e. The Balaban J connectivity index is 1.39. The number of pyridine rings is 1. The number of imidazole rings is 1. The van der Waals surface area contributed by atoms with Crippen LogP contribution in [0.2, 0.25) is 0 Å². The number of nitrogens with one attached hydrogen (secondary N) is 3. The first-order chi connectivity index (χ1) is 18.2. The van der Waals surface area contributed by atoms with E-state index in [0.717, 1.165) is 39.3 Å². The van der Waals surface area contributed by atoms with Gasteiger partial charge in [-0.25, -0.2) is 14.8 Å². The summed E-state index contributed by atoms with van der Waals surface area (Å²) in [6.45, 7) is 6.18. The number of aliphatic carboxylic acids is 1. The standard InChI is InChI=1S/C29H31N5O4/c1-17-11-18(2)26(19(3)12-17)28(35)34-24(29(36)37)13-20-5-7-21(8-6-20)27-32-16-22(33-27)15-31-25-14-23(38-4)9-10-30-25/h5-12,14,16,24H,13,15H2,1-4H3,(H,30,31)(H,32,33)(H,34,35)(H,36,37). The van der Waals surface area contributed by atoms with E-state index in [1.54, 1.807) is 25.6 Å². The van der Waals surface area contributed by atoms with Crippen molar-refractivity contribution in [2.75, 3.05) is 12.4 Å². The number of benzene rings is 2. The Labute approximate surface area is 221 Å². The van der Waals surface area contributed by atoms with Crippen LogP contribution < -0.4 is 15.4 Å². The van der Waals surface area contributed by atoms with Crippen molar-refractivity contribution in [1.29, 1.82) is 0 Å². The first-order valence-electron chi connectivity index (χ1n) is 12.2. The highest BCUT2D eigenvalue weighted by Gasteiger charge is 2.23. The average Bonchev–Trinajstić information content (AvgIpc) is 3.36. The van der Waals surface area contributed by atoms with Crippen molar-refractivity contribution in [2.45, 2.75) is 39.8 Å². The van der Waals surface area contributed by atoms with Crippen LogP contribution >= 0.6 is 0 Å². The molecule has 0 radical (unpaired) electrons. The number of nitrogens with zero attached hydrogens (tertiary/aromatic N) is 2. The SMILES string of the molecule is COc1ccnc(NCc2cnc(-c3ccc(CC(NC(=O)c4c(C)cc(C)cc4C)C(=O)O)cc3)[nH]2)c1. The topological polar surface area (TPSA) is 129 Å². The smallest absolute Gasteiger partial charge is 0.326 e. The van der Waals surface area contributed by atoms with Crippen LogP contribution in [0.5, 0.6) is 5.75 Å². The molecule has 1 amide bonds. The Kier molecular flexibility index (Phi) is 8.06. The van der Waals surface area contributed by atoms with E-state index in [2.05, 4.69) is 25.6 Å². The zero-order chi connectivity index (χ0) is 27.2. The van der Waals surface area contributed by atoms with Gasteiger partial charge in [-0.15, -0.1) is 0 Å². The molecule has 0 bridgehead atoms. The first kappa shape index (κ1) is 26.4. The lowest BCUT2D eigenvalue weighted by molar-refractivity contribution is -0.139. The number of aryl methyl sites for hydroxylation is 3. The van der Waals surface area contributed by atoms with Gasteiger partial charge in [0.05, 0.1) is 25.5 Å². The third-order valence-corrected chi connectivity index (χ3v) is 6.23. The van der Waals surface area contributed by atoms with Crippen LogP contribution in [0.4, 0.5) is 5.82 Å². The number of hydrogen-bond acceptors (Lipinski definition) is 6. The van der Waals surface area contributed by atoms with Crippen molar-refractivity contribution >= 4 is 17.7 Å². The number of carboxylic acids is 1. The molecule has 38 heavy (non-hydrogen) atoms. The summed E-state index contributed by atoms with van der Waals surface area (Å²) in [5.74, 6) is 0.638. The molecule has 0 aliphatic rings. The second kappa shape index (κ2) is 11.6. The number of carbonyl (C=O) groups is 2. The van der Waals surface area contributed by atoms with Gasteiger partial charge in [0, 0.05) is 29.8 Å². The molecule has 2 aromatic carbocycles. The Morgan fingerprint density at radius 2 is 1.74 bits per heavy atom. The molecule has 4 aromatic rings. The minimum absolute atomic E-state index is 0.159. The average molecular weight is 514 g/mol. The molecular formula is C29H31N5O4. The number of anilines is 1. The molecule has 2 aromatic heterocycles. The number of hydrogen-bond donors (Lipinski definition) is 4. The molecule has 0 fully saturated rings. The van der Waals surface area contributed by atoms with Gasteiger partial charge in [0.25, 0.3) is 5.91 Å². The molecule has 0 saturated carbocycles. The monoisotopic (exact) mass is 513 g/mol. The number of aromatic amines is 1. The number of aromatic nitrogens is 3. The van der Waals surface area contributed by atoms with Crippen LogP contribution in [0.25, 0.3) is 11.4 Å². The summed E-state index contributed by atoms with van der Waals surface area (Å²) in [6.07, 6.45) is 3.58. The van der Waals surface area contributed by atoms with Crippen molar-refractivity contribution in [1.82, 2.24) is 20.3 Å². The van der Waals surface area contributed by atoms with Crippen LogP contribution in [0.15, 0.2) is 60.9 Å². The van der Waals surface area contributed by atoms with Gasteiger partial charge >= 0.3 is 5.97 Å². The summed E-state index contributed by atoms with van der Waals surface area (Å²) >= 11 is 0. The van der Waals surface area contributed by atoms with Crippen LogP contribution in [-0.2, 0) is 17.8 Å². The molecule has 0 aliphatic heterocycles. The molecule has 4 rings (SSSR count). The maximum absolute atomic E-state index is 12.9. The zero-order valence-corrected chi connectivity index (χ0v) is 21.8. The van der Waals surface area contributed by atoms with Crippen LogP contribution in [0.1, 0.15) is 38.3 Å². The summed E-state index contributed by atoms with van der Waals surface area (Å²) in [4.78, 5) is 36.9. The number of H-pyrrole nitrogens is 1. The fourth-order valence-electron chi connectivity index (χ4n) is 4.42. The van der Waals surface area contributed by atoms with Gasteiger partial charge in [0.2, 0.25) is 0 Å². The molecule has 9 heteroatoms. The van der Waals surface area contributed by atoms with Crippen molar-refractivity contribution < 1.29 is 19.4 Å². The minimum atomic E-state index is -1.08. The number of amides is 1. The van der Waals surface area contributed by atoms with Crippen LogP contribution in [-0.4, -0.2) is 45.1 Å². The maximum atomic E-state index is 12.9. The molecular weight excluding hydrogens is 482 g/mol. The van der Waals surface area contributed by atoms with Gasteiger partial charge in [0.15, 0.2) is 0 Å². The largest absolute Gasteiger partial charge is 0.497 e. The van der Waals surface area contributed by atoms with E-state index in [0.29, 0.717) is 23.8 Å². The second-order valence-corrected chi connectivity index (χ2v) is 9.23. The summed E-state index contributed by atoms with van der Waals surface area (Å²) in [5, 5.41) is 15.7. The fourth-order valence-corrected chi connectivity index (χ4v) is 4.42.